The van der Waals surface area contributed by atoms with Crippen LogP contribution in [0.25, 0.3) is 0 Å². The number of esters is 1. The van der Waals surface area contributed by atoms with Crippen molar-refractivity contribution in [3.63, 3.8) is 0 Å². The van der Waals surface area contributed by atoms with Crippen LogP contribution in [0.4, 0.5) is 0 Å². The van der Waals surface area contributed by atoms with Gasteiger partial charge in [0, 0.05) is 0 Å². The van der Waals surface area contributed by atoms with Crippen molar-refractivity contribution in [1.82, 2.24) is 0 Å². The van der Waals surface area contributed by atoms with Crippen LogP contribution in [0.15, 0.2) is 0 Å². The molecule has 5 saturated carbocycles. The van der Waals surface area contributed by atoms with Crippen molar-refractivity contribution in [2.24, 2.45) is 41.4 Å². The number of ether oxygens (including phenoxy) is 1. The van der Waals surface area contributed by atoms with Gasteiger partial charge in [0.15, 0.2) is 0 Å². The van der Waals surface area contributed by atoms with Crippen LogP contribution in [0.3, 0.4) is 0 Å². The molecule has 0 aromatic heterocycles. The van der Waals surface area contributed by atoms with E-state index < -0.39 is 0 Å². The molecule has 0 heterocycles. The van der Waals surface area contributed by atoms with E-state index in [-0.39, 0.29) is 17.5 Å². The SMILES string of the molecule is CC1(OC(=O)C2CC3CC2C2C4CCC(C4)C32)CCCC1. The highest BCUT2D eigenvalue weighted by Gasteiger charge is 2.63. The number of hydrogen-bond donors (Lipinski definition) is 0. The minimum Gasteiger partial charge on any atom is -0.459 e. The molecule has 7 atom stereocenters. The van der Waals surface area contributed by atoms with Gasteiger partial charge < -0.3 is 4.74 Å². The zero-order chi connectivity index (χ0) is 14.2. The van der Waals surface area contributed by atoms with Gasteiger partial charge in [-0.1, -0.05) is 0 Å². The van der Waals surface area contributed by atoms with Crippen molar-refractivity contribution in [2.75, 3.05) is 0 Å². The van der Waals surface area contributed by atoms with Gasteiger partial charge in [0.25, 0.3) is 0 Å². The molecule has 5 aliphatic rings. The van der Waals surface area contributed by atoms with Crippen molar-refractivity contribution < 1.29 is 9.53 Å². The molecular formula is C19H28O2. The fourth-order valence-electron chi connectivity index (χ4n) is 7.38. The van der Waals surface area contributed by atoms with E-state index in [1.54, 1.807) is 0 Å². The first-order valence-corrected chi connectivity index (χ1v) is 9.37. The Morgan fingerprint density at radius 2 is 1.67 bits per heavy atom. The van der Waals surface area contributed by atoms with Gasteiger partial charge in [-0.2, -0.15) is 0 Å². The Morgan fingerprint density at radius 1 is 0.952 bits per heavy atom. The number of rotatable bonds is 2. The van der Waals surface area contributed by atoms with E-state index in [0.717, 1.165) is 48.9 Å². The number of hydrogen-bond acceptors (Lipinski definition) is 2. The topological polar surface area (TPSA) is 26.3 Å². The second-order valence-electron chi connectivity index (χ2n) is 9.07. The number of fused-ring (bicyclic) bond motifs is 9. The van der Waals surface area contributed by atoms with Gasteiger partial charge in [-0.3, -0.25) is 4.79 Å². The molecule has 7 unspecified atom stereocenters. The Bertz CT molecular complexity index is 464. The lowest BCUT2D eigenvalue weighted by molar-refractivity contribution is -0.166. The zero-order valence-corrected chi connectivity index (χ0v) is 13.2. The molecule has 5 fully saturated rings. The molecular weight excluding hydrogens is 260 g/mol. The summed E-state index contributed by atoms with van der Waals surface area (Å²) in [4.78, 5) is 12.8. The molecule has 0 amide bonds. The summed E-state index contributed by atoms with van der Waals surface area (Å²) in [6.45, 7) is 2.16. The highest BCUT2D eigenvalue weighted by molar-refractivity contribution is 5.74. The standard InChI is InChI=1S/C19H28O2/c1-19(6-2-3-7-19)21-18(20)15-10-13-9-14(15)17-12-5-4-11(8-12)16(13)17/h11-17H,2-10H2,1H3. The largest absolute Gasteiger partial charge is 0.459 e. The number of carbonyl (C=O) groups excluding carboxylic acids is 1. The molecule has 2 nitrogen and oxygen atoms in total. The predicted octanol–water partition coefficient (Wildman–Crippen LogP) is 4.18. The molecule has 0 saturated heterocycles. The highest BCUT2D eigenvalue weighted by atomic mass is 16.6. The van der Waals surface area contributed by atoms with Crippen molar-refractivity contribution in [3.8, 4) is 0 Å². The van der Waals surface area contributed by atoms with Crippen molar-refractivity contribution >= 4 is 5.97 Å². The van der Waals surface area contributed by atoms with Gasteiger partial charge in [-0.25, -0.2) is 0 Å². The van der Waals surface area contributed by atoms with Gasteiger partial charge in [0.05, 0.1) is 5.92 Å². The Hall–Kier alpha value is -0.530. The van der Waals surface area contributed by atoms with Gasteiger partial charge in [0.1, 0.15) is 5.60 Å². The van der Waals surface area contributed by atoms with E-state index in [1.807, 2.05) is 0 Å². The van der Waals surface area contributed by atoms with Crippen LogP contribution in [-0.2, 0) is 9.53 Å². The summed E-state index contributed by atoms with van der Waals surface area (Å²) in [5.74, 6) is 5.88. The minimum atomic E-state index is -0.132. The Labute approximate surface area is 128 Å². The molecule has 21 heavy (non-hydrogen) atoms. The molecule has 0 aliphatic heterocycles. The van der Waals surface area contributed by atoms with Crippen LogP contribution in [0, 0.1) is 41.4 Å². The predicted molar refractivity (Wildman–Crippen MR) is 80.5 cm³/mol. The summed E-state index contributed by atoms with van der Waals surface area (Å²) in [6.07, 6.45) is 11.6. The molecule has 0 N–H and O–H groups in total. The Kier molecular flexibility index (Phi) is 2.63. The van der Waals surface area contributed by atoms with Gasteiger partial charge in [-0.05, 0) is 100 Å². The summed E-state index contributed by atoms with van der Waals surface area (Å²) < 4.78 is 6.03. The molecule has 5 aliphatic carbocycles. The van der Waals surface area contributed by atoms with E-state index in [9.17, 15) is 4.79 Å². The summed E-state index contributed by atoms with van der Waals surface area (Å²) in [5.41, 5.74) is -0.132. The van der Waals surface area contributed by atoms with Crippen LogP contribution in [0.2, 0.25) is 0 Å². The van der Waals surface area contributed by atoms with Crippen LogP contribution < -0.4 is 0 Å². The second-order valence-corrected chi connectivity index (χ2v) is 9.07. The summed E-state index contributed by atoms with van der Waals surface area (Å²) in [5, 5.41) is 0. The van der Waals surface area contributed by atoms with E-state index in [2.05, 4.69) is 6.92 Å². The van der Waals surface area contributed by atoms with Crippen molar-refractivity contribution in [1.29, 1.82) is 0 Å². The molecule has 4 bridgehead atoms. The average molecular weight is 288 g/mol. The van der Waals surface area contributed by atoms with E-state index in [4.69, 9.17) is 4.74 Å². The summed E-state index contributed by atoms with van der Waals surface area (Å²) in [7, 11) is 0. The maximum absolute atomic E-state index is 12.8. The third kappa shape index (κ3) is 1.74. The minimum absolute atomic E-state index is 0.132. The van der Waals surface area contributed by atoms with Gasteiger partial charge in [0.2, 0.25) is 0 Å². The fourth-order valence-corrected chi connectivity index (χ4v) is 7.38. The highest BCUT2D eigenvalue weighted by Crippen LogP contribution is 2.69. The monoisotopic (exact) mass is 288 g/mol. The fraction of sp³-hybridized carbons (Fsp3) is 0.947. The molecule has 0 radical (unpaired) electrons. The Balaban J connectivity index is 1.32. The van der Waals surface area contributed by atoms with E-state index >= 15 is 0 Å². The van der Waals surface area contributed by atoms with Crippen LogP contribution in [-0.4, -0.2) is 11.6 Å². The Morgan fingerprint density at radius 3 is 2.43 bits per heavy atom. The summed E-state index contributed by atoms with van der Waals surface area (Å²) in [6, 6.07) is 0. The lowest BCUT2D eigenvalue weighted by Gasteiger charge is -2.38. The van der Waals surface area contributed by atoms with Crippen LogP contribution in [0.1, 0.15) is 64.7 Å². The van der Waals surface area contributed by atoms with Gasteiger partial charge >= 0.3 is 5.97 Å². The van der Waals surface area contributed by atoms with Crippen LogP contribution >= 0.6 is 0 Å². The first kappa shape index (κ1) is 13.0. The first-order chi connectivity index (χ1) is 10.1. The molecule has 2 heteroatoms. The maximum atomic E-state index is 12.8. The smallest absolute Gasteiger partial charge is 0.309 e. The molecule has 5 rings (SSSR count). The van der Waals surface area contributed by atoms with Crippen molar-refractivity contribution in [3.05, 3.63) is 0 Å². The second kappa shape index (κ2) is 4.26. The van der Waals surface area contributed by atoms with Crippen molar-refractivity contribution in [2.45, 2.75) is 70.3 Å². The number of carbonyl (C=O) groups is 1. The summed E-state index contributed by atoms with van der Waals surface area (Å²) >= 11 is 0. The normalized spacial score (nSPS) is 52.3. The molecule has 0 aromatic carbocycles. The average Bonchev–Trinajstić information content (AvgIpc) is 3.23. The maximum Gasteiger partial charge on any atom is 0.309 e. The molecule has 116 valence electrons. The zero-order valence-electron chi connectivity index (χ0n) is 13.2. The molecule has 0 aromatic rings. The quantitative estimate of drug-likeness (QED) is 0.563. The first-order valence-electron chi connectivity index (χ1n) is 9.37. The third-order valence-corrected chi connectivity index (χ3v) is 8.04. The lowest BCUT2D eigenvalue weighted by Crippen LogP contribution is -2.39. The lowest BCUT2D eigenvalue weighted by atomic mass is 9.67. The van der Waals surface area contributed by atoms with Crippen LogP contribution in [0.5, 0.6) is 0 Å². The van der Waals surface area contributed by atoms with E-state index in [1.165, 1.54) is 38.5 Å². The van der Waals surface area contributed by atoms with Gasteiger partial charge in [-0.15, -0.1) is 0 Å². The van der Waals surface area contributed by atoms with E-state index in [0.29, 0.717) is 5.92 Å². The third-order valence-electron chi connectivity index (χ3n) is 8.04. The molecule has 0 spiro atoms.